The number of nitrogens with zero attached hydrogens (tertiary/aromatic N) is 1. The first kappa shape index (κ1) is 24.1. The summed E-state index contributed by atoms with van der Waals surface area (Å²) in [5.74, 6) is 0.112. The van der Waals surface area contributed by atoms with Gasteiger partial charge in [0.2, 0.25) is 11.8 Å². The summed E-state index contributed by atoms with van der Waals surface area (Å²) in [6.07, 6.45) is 7.28. The van der Waals surface area contributed by atoms with Crippen molar-refractivity contribution in [3.05, 3.63) is 41.6 Å². The maximum atomic E-state index is 13.7. The fourth-order valence-electron chi connectivity index (χ4n) is 8.42. The van der Waals surface area contributed by atoms with E-state index in [2.05, 4.69) is 25.2 Å². The topological polar surface area (TPSA) is 49.4 Å². The molecule has 6 atom stereocenters. The Bertz CT molecular complexity index is 1130. The van der Waals surface area contributed by atoms with Gasteiger partial charge in [-0.25, -0.2) is 0 Å². The zero-order valence-corrected chi connectivity index (χ0v) is 21.0. The molecule has 1 heterocycles. The van der Waals surface area contributed by atoms with E-state index in [1.54, 1.807) is 0 Å². The third-order valence-corrected chi connectivity index (χ3v) is 10.3. The fraction of sp³-hybridized carbons (Fsp3) is 0.655. The molecule has 4 aliphatic carbocycles. The third-order valence-electron chi connectivity index (χ3n) is 10.3. The summed E-state index contributed by atoms with van der Waals surface area (Å²) < 4.78 is 39.6. The van der Waals surface area contributed by atoms with Crippen molar-refractivity contribution < 1.29 is 22.8 Å². The Morgan fingerprint density at radius 3 is 2.58 bits per heavy atom. The highest BCUT2D eigenvalue weighted by molar-refractivity contribution is 6.07. The van der Waals surface area contributed by atoms with E-state index >= 15 is 0 Å². The number of anilines is 1. The highest BCUT2D eigenvalue weighted by Crippen LogP contribution is 2.65. The Morgan fingerprint density at radius 1 is 1.08 bits per heavy atom. The molecule has 1 aromatic carbocycles. The van der Waals surface area contributed by atoms with Gasteiger partial charge in [0, 0.05) is 22.8 Å². The number of carbonyl (C=O) groups is 2. The zero-order chi connectivity index (χ0) is 25.5. The van der Waals surface area contributed by atoms with Crippen molar-refractivity contribution in [1.82, 2.24) is 4.90 Å². The molecule has 4 fully saturated rings. The molecule has 5 aliphatic rings. The van der Waals surface area contributed by atoms with Crippen LogP contribution in [0.3, 0.4) is 0 Å². The summed E-state index contributed by atoms with van der Waals surface area (Å²) in [6, 6.07) is 4.80. The number of halogens is 3. The van der Waals surface area contributed by atoms with Crippen molar-refractivity contribution >= 4 is 17.5 Å². The molecule has 4 nitrogen and oxygen atoms in total. The molecule has 1 unspecified atom stereocenters. The second-order valence-corrected chi connectivity index (χ2v) is 12.5. The largest absolute Gasteiger partial charge is 0.416 e. The van der Waals surface area contributed by atoms with Crippen molar-refractivity contribution in [3.8, 4) is 0 Å². The van der Waals surface area contributed by atoms with Crippen LogP contribution in [0.2, 0.25) is 0 Å². The fourth-order valence-corrected chi connectivity index (χ4v) is 8.42. The number of rotatable bonds is 3. The maximum Gasteiger partial charge on any atom is 0.416 e. The molecule has 3 saturated carbocycles. The first-order valence-electron chi connectivity index (χ1n) is 13.5. The van der Waals surface area contributed by atoms with Crippen LogP contribution in [-0.2, 0) is 15.8 Å². The highest BCUT2D eigenvalue weighted by atomic mass is 19.4. The number of hydrogen-bond acceptors (Lipinski definition) is 2. The Morgan fingerprint density at radius 2 is 1.86 bits per heavy atom. The molecule has 2 amide bonds. The summed E-state index contributed by atoms with van der Waals surface area (Å²) in [4.78, 5) is 29.1. The molecule has 6 rings (SSSR count). The highest BCUT2D eigenvalue weighted by Gasteiger charge is 2.60. The SMILES string of the molecule is C[C@@]12CCC[C@H]1[C@@H]1CC=C3N(C4CC4)C(=O)C(C(=O)Nc4cccc(C(F)(F)F)c4)C[C@]3(C)[C@@H]1CC2. The second kappa shape index (κ2) is 8.09. The number of fused-ring (bicyclic) bond motifs is 5. The lowest BCUT2D eigenvalue weighted by Crippen LogP contribution is -2.58. The van der Waals surface area contributed by atoms with E-state index in [4.69, 9.17) is 0 Å². The molecule has 0 bridgehead atoms. The molecule has 7 heteroatoms. The molecular formula is C29H35F3N2O2. The number of allylic oxidation sites excluding steroid dienone is 2. The van der Waals surface area contributed by atoms with E-state index in [-0.39, 0.29) is 23.1 Å². The lowest BCUT2D eigenvalue weighted by molar-refractivity contribution is -0.149. The third kappa shape index (κ3) is 3.71. The van der Waals surface area contributed by atoms with Crippen LogP contribution in [0, 0.1) is 34.5 Å². The predicted octanol–water partition coefficient (Wildman–Crippen LogP) is 6.78. The van der Waals surface area contributed by atoms with Gasteiger partial charge >= 0.3 is 6.18 Å². The lowest BCUT2D eigenvalue weighted by Gasteiger charge is -2.59. The van der Waals surface area contributed by atoms with Crippen LogP contribution >= 0.6 is 0 Å². The predicted molar refractivity (Wildman–Crippen MR) is 131 cm³/mol. The van der Waals surface area contributed by atoms with Crippen molar-refractivity contribution in [2.75, 3.05) is 5.32 Å². The Balaban J connectivity index is 1.31. The number of likely N-dealkylation sites (tertiary alicyclic amines) is 1. The van der Waals surface area contributed by atoms with Crippen LogP contribution in [0.15, 0.2) is 36.0 Å². The number of piperidine rings is 1. The standard InChI is InChI=1S/C29H35F3N2O2/c1-27-13-4-7-22(27)20-10-11-24-28(2,23(20)12-14-27)16-21(26(36)34(24)19-8-9-19)25(35)33-18-6-3-5-17(15-18)29(30,31)32/h3,5-6,11,15,19-23H,4,7-10,12-14,16H2,1-2H3,(H,33,35)/t20-,21?,22-,23+,27-,28+/m0/s1. The van der Waals surface area contributed by atoms with Crippen molar-refractivity contribution in [2.45, 2.75) is 83.9 Å². The molecule has 0 spiro atoms. The summed E-state index contributed by atoms with van der Waals surface area (Å²) in [7, 11) is 0. The second-order valence-electron chi connectivity index (χ2n) is 12.5. The van der Waals surface area contributed by atoms with Gasteiger partial charge in [-0.05, 0) is 92.7 Å². The summed E-state index contributed by atoms with van der Waals surface area (Å²) >= 11 is 0. The molecular weight excluding hydrogens is 465 g/mol. The lowest BCUT2D eigenvalue weighted by atomic mass is 9.49. The summed E-state index contributed by atoms with van der Waals surface area (Å²) in [6.45, 7) is 4.70. The van der Waals surface area contributed by atoms with Crippen LogP contribution in [0.25, 0.3) is 0 Å². The van der Waals surface area contributed by atoms with E-state index in [1.807, 2.05) is 4.90 Å². The van der Waals surface area contributed by atoms with E-state index in [0.717, 1.165) is 43.5 Å². The molecule has 1 aliphatic heterocycles. The number of benzene rings is 1. The minimum absolute atomic E-state index is 0.0769. The van der Waals surface area contributed by atoms with Crippen LogP contribution in [0.4, 0.5) is 18.9 Å². The zero-order valence-electron chi connectivity index (χ0n) is 21.0. The number of hydrogen-bond donors (Lipinski definition) is 1. The Hall–Kier alpha value is -2.31. The number of carbonyl (C=O) groups excluding carboxylic acids is 2. The summed E-state index contributed by atoms with van der Waals surface area (Å²) in [5, 5.41) is 2.66. The molecule has 194 valence electrons. The van der Waals surface area contributed by atoms with E-state index in [9.17, 15) is 22.8 Å². The van der Waals surface area contributed by atoms with E-state index in [0.29, 0.717) is 29.6 Å². The quantitative estimate of drug-likeness (QED) is 0.465. The number of alkyl halides is 3. The number of nitrogens with one attached hydrogen (secondary N) is 1. The Kier molecular flexibility index (Phi) is 5.41. The summed E-state index contributed by atoms with van der Waals surface area (Å²) in [5.41, 5.74) is 0.501. The van der Waals surface area contributed by atoms with Crippen LogP contribution in [0.5, 0.6) is 0 Å². The Labute approximate surface area is 210 Å². The van der Waals surface area contributed by atoms with E-state index in [1.165, 1.54) is 37.8 Å². The number of amides is 2. The normalized spacial score (nSPS) is 38.1. The van der Waals surface area contributed by atoms with Crippen molar-refractivity contribution in [1.29, 1.82) is 0 Å². The van der Waals surface area contributed by atoms with Crippen molar-refractivity contribution in [3.63, 3.8) is 0 Å². The molecule has 1 saturated heterocycles. The van der Waals surface area contributed by atoms with Crippen LogP contribution in [0.1, 0.15) is 77.2 Å². The smallest absolute Gasteiger partial charge is 0.325 e. The van der Waals surface area contributed by atoms with Gasteiger partial charge in [-0.1, -0.05) is 32.4 Å². The van der Waals surface area contributed by atoms with Crippen molar-refractivity contribution in [2.24, 2.45) is 34.5 Å². The minimum Gasteiger partial charge on any atom is -0.325 e. The monoisotopic (exact) mass is 500 g/mol. The van der Waals surface area contributed by atoms with Gasteiger partial charge < -0.3 is 10.2 Å². The minimum atomic E-state index is -4.50. The van der Waals surface area contributed by atoms with Gasteiger partial charge in [-0.15, -0.1) is 0 Å². The average molecular weight is 501 g/mol. The van der Waals surface area contributed by atoms with Gasteiger partial charge in [-0.2, -0.15) is 13.2 Å². The molecule has 1 aromatic rings. The van der Waals surface area contributed by atoms with E-state index < -0.39 is 23.6 Å². The molecule has 1 N–H and O–H groups in total. The first-order chi connectivity index (χ1) is 17.0. The van der Waals surface area contributed by atoms with Crippen LogP contribution < -0.4 is 5.32 Å². The molecule has 0 radical (unpaired) electrons. The van der Waals surface area contributed by atoms with Crippen LogP contribution in [-0.4, -0.2) is 22.8 Å². The van der Waals surface area contributed by atoms with Gasteiger partial charge in [0.15, 0.2) is 0 Å². The molecule has 0 aromatic heterocycles. The molecule has 36 heavy (non-hydrogen) atoms. The average Bonchev–Trinajstić information content (AvgIpc) is 3.57. The van der Waals surface area contributed by atoms with Gasteiger partial charge in [0.05, 0.1) is 5.56 Å². The van der Waals surface area contributed by atoms with Gasteiger partial charge in [-0.3, -0.25) is 9.59 Å². The van der Waals surface area contributed by atoms with Gasteiger partial charge in [0.1, 0.15) is 5.92 Å². The van der Waals surface area contributed by atoms with Gasteiger partial charge in [0.25, 0.3) is 0 Å². The first-order valence-corrected chi connectivity index (χ1v) is 13.5. The maximum absolute atomic E-state index is 13.7.